The van der Waals surface area contributed by atoms with Gasteiger partial charge in [0.2, 0.25) is 5.91 Å². The monoisotopic (exact) mass is 330 g/mol. The first-order chi connectivity index (χ1) is 11.3. The second-order valence-corrected chi connectivity index (χ2v) is 6.68. The van der Waals surface area contributed by atoms with Gasteiger partial charge in [0.1, 0.15) is 5.01 Å². The van der Waals surface area contributed by atoms with Crippen LogP contribution in [0.5, 0.6) is 0 Å². The molecule has 0 spiro atoms. The van der Waals surface area contributed by atoms with E-state index in [9.17, 15) is 4.79 Å². The molecule has 1 unspecified atom stereocenters. The quantitative estimate of drug-likeness (QED) is 0.757. The van der Waals surface area contributed by atoms with Gasteiger partial charge in [-0.2, -0.15) is 0 Å². The summed E-state index contributed by atoms with van der Waals surface area (Å²) in [6.07, 6.45) is 5.52. The van der Waals surface area contributed by atoms with Gasteiger partial charge in [0.15, 0.2) is 0 Å². The van der Waals surface area contributed by atoms with E-state index in [2.05, 4.69) is 4.98 Å². The molecule has 5 heteroatoms. The maximum absolute atomic E-state index is 12.5. The minimum Gasteiger partial charge on any atom is -0.376 e. The number of carbonyl (C=O) groups is 1. The lowest BCUT2D eigenvalue weighted by atomic mass is 10.0. The predicted molar refractivity (Wildman–Crippen MR) is 91.1 cm³/mol. The summed E-state index contributed by atoms with van der Waals surface area (Å²) in [5.74, 6) is 0.179. The average Bonchev–Trinajstić information content (AvgIpc) is 3.14. The van der Waals surface area contributed by atoms with Gasteiger partial charge in [-0.3, -0.25) is 4.79 Å². The Balaban J connectivity index is 1.48. The third-order valence-electron chi connectivity index (χ3n) is 4.13. The minimum atomic E-state index is 0.158. The van der Waals surface area contributed by atoms with Crippen molar-refractivity contribution in [1.29, 1.82) is 0 Å². The maximum Gasteiger partial charge on any atom is 0.225 e. The van der Waals surface area contributed by atoms with E-state index < -0.39 is 0 Å². The Morgan fingerprint density at radius 2 is 2.17 bits per heavy atom. The fraction of sp³-hybridized carbons (Fsp3) is 0.444. The van der Waals surface area contributed by atoms with Crippen LogP contribution in [0.1, 0.15) is 42.3 Å². The lowest BCUT2D eigenvalue weighted by molar-refractivity contribution is -0.136. The fourth-order valence-electron chi connectivity index (χ4n) is 2.95. The van der Waals surface area contributed by atoms with Crippen molar-refractivity contribution in [2.75, 3.05) is 13.2 Å². The number of amides is 1. The number of benzene rings is 1. The number of rotatable bonds is 6. The van der Waals surface area contributed by atoms with E-state index in [1.807, 2.05) is 46.8 Å². The van der Waals surface area contributed by atoms with Crippen LogP contribution in [-0.2, 0) is 16.1 Å². The average molecular weight is 330 g/mol. The van der Waals surface area contributed by atoms with E-state index in [1.54, 1.807) is 11.3 Å². The van der Waals surface area contributed by atoms with Crippen molar-refractivity contribution in [3.63, 3.8) is 0 Å². The van der Waals surface area contributed by atoms with Gasteiger partial charge in [-0.15, -0.1) is 11.3 Å². The number of hydrogen-bond acceptors (Lipinski definition) is 4. The Morgan fingerprint density at radius 1 is 1.30 bits per heavy atom. The van der Waals surface area contributed by atoms with E-state index in [1.165, 1.54) is 6.42 Å². The van der Waals surface area contributed by atoms with Crippen LogP contribution in [0.15, 0.2) is 41.9 Å². The molecule has 1 saturated heterocycles. The summed E-state index contributed by atoms with van der Waals surface area (Å²) in [4.78, 5) is 18.9. The van der Waals surface area contributed by atoms with Gasteiger partial charge in [0.25, 0.3) is 0 Å². The Morgan fingerprint density at radius 3 is 2.96 bits per heavy atom. The summed E-state index contributed by atoms with van der Waals surface area (Å²) in [5, 5.41) is 3.04. The highest BCUT2D eigenvalue weighted by Crippen LogP contribution is 2.32. The van der Waals surface area contributed by atoms with Crippen molar-refractivity contribution in [2.45, 2.75) is 38.3 Å². The third kappa shape index (κ3) is 4.39. The van der Waals surface area contributed by atoms with E-state index in [0.717, 1.165) is 30.0 Å². The number of ether oxygens (including phenoxy) is 1. The summed E-state index contributed by atoms with van der Waals surface area (Å²) in [6.45, 7) is 1.86. The van der Waals surface area contributed by atoms with Gasteiger partial charge in [-0.1, -0.05) is 30.3 Å². The second kappa shape index (κ2) is 8.22. The van der Waals surface area contributed by atoms with E-state index in [0.29, 0.717) is 19.6 Å². The van der Waals surface area contributed by atoms with E-state index in [-0.39, 0.29) is 11.9 Å². The van der Waals surface area contributed by atoms with Gasteiger partial charge in [-0.25, -0.2) is 4.98 Å². The molecular formula is C18H22N2O2S. The molecule has 4 nitrogen and oxygen atoms in total. The molecule has 0 radical (unpaired) electrons. The first kappa shape index (κ1) is 16.1. The zero-order valence-electron chi connectivity index (χ0n) is 13.2. The highest BCUT2D eigenvalue weighted by molar-refractivity contribution is 7.09. The number of aromatic nitrogens is 1. The topological polar surface area (TPSA) is 42.4 Å². The molecule has 122 valence electrons. The fourth-order valence-corrected chi connectivity index (χ4v) is 3.74. The zero-order chi connectivity index (χ0) is 15.9. The van der Waals surface area contributed by atoms with Crippen molar-refractivity contribution in [1.82, 2.24) is 9.88 Å². The normalized spacial score (nSPS) is 18.1. The molecule has 3 rings (SSSR count). The zero-order valence-corrected chi connectivity index (χ0v) is 14.0. The third-order valence-corrected chi connectivity index (χ3v) is 5.01. The van der Waals surface area contributed by atoms with Gasteiger partial charge in [-0.05, 0) is 24.8 Å². The molecule has 2 aromatic rings. The van der Waals surface area contributed by atoms with Crippen LogP contribution in [0.4, 0.5) is 0 Å². The molecule has 1 aliphatic rings. The molecule has 1 atom stereocenters. The Labute approximate surface area is 141 Å². The first-order valence-corrected chi connectivity index (χ1v) is 9.03. The summed E-state index contributed by atoms with van der Waals surface area (Å²) in [7, 11) is 0. The van der Waals surface area contributed by atoms with Crippen molar-refractivity contribution < 1.29 is 9.53 Å². The lowest BCUT2D eigenvalue weighted by Crippen LogP contribution is -2.38. The standard InChI is InChI=1S/C18H22N2O2S/c21-17(9-12-22-14-15-6-2-1-3-7-15)20-11-5-4-8-16(20)18-19-10-13-23-18/h1-3,6-7,10,13,16H,4-5,8-9,11-12,14H2. The number of thiazole rings is 1. The summed E-state index contributed by atoms with van der Waals surface area (Å²) < 4.78 is 5.65. The summed E-state index contributed by atoms with van der Waals surface area (Å²) >= 11 is 1.64. The van der Waals surface area contributed by atoms with Crippen molar-refractivity contribution in [2.24, 2.45) is 0 Å². The molecule has 0 N–H and O–H groups in total. The molecule has 0 aliphatic carbocycles. The van der Waals surface area contributed by atoms with Crippen molar-refractivity contribution in [3.05, 3.63) is 52.5 Å². The lowest BCUT2D eigenvalue weighted by Gasteiger charge is -2.34. The van der Waals surface area contributed by atoms with Crippen LogP contribution in [0.2, 0.25) is 0 Å². The van der Waals surface area contributed by atoms with Crippen LogP contribution >= 0.6 is 11.3 Å². The molecule has 1 fully saturated rings. The molecule has 1 amide bonds. The van der Waals surface area contributed by atoms with Crippen LogP contribution in [-0.4, -0.2) is 28.9 Å². The van der Waals surface area contributed by atoms with Crippen molar-refractivity contribution >= 4 is 17.2 Å². The van der Waals surface area contributed by atoms with Crippen LogP contribution in [0, 0.1) is 0 Å². The van der Waals surface area contributed by atoms with Gasteiger partial charge in [0.05, 0.1) is 25.7 Å². The highest BCUT2D eigenvalue weighted by Gasteiger charge is 2.29. The Bertz CT molecular complexity index is 601. The van der Waals surface area contributed by atoms with Gasteiger partial charge >= 0.3 is 0 Å². The predicted octanol–water partition coefficient (Wildman–Crippen LogP) is 3.80. The molecule has 23 heavy (non-hydrogen) atoms. The largest absolute Gasteiger partial charge is 0.376 e. The number of nitrogens with zero attached hydrogens (tertiary/aromatic N) is 2. The van der Waals surface area contributed by atoms with Crippen LogP contribution in [0.3, 0.4) is 0 Å². The molecule has 1 aliphatic heterocycles. The SMILES string of the molecule is O=C(CCOCc1ccccc1)N1CCCCC1c1nccs1. The molecule has 1 aromatic heterocycles. The van der Waals surface area contributed by atoms with Gasteiger partial charge < -0.3 is 9.64 Å². The maximum atomic E-state index is 12.5. The second-order valence-electron chi connectivity index (χ2n) is 5.76. The summed E-state index contributed by atoms with van der Waals surface area (Å²) in [5.41, 5.74) is 1.14. The minimum absolute atomic E-state index is 0.158. The van der Waals surface area contributed by atoms with E-state index in [4.69, 9.17) is 4.74 Å². The first-order valence-electron chi connectivity index (χ1n) is 8.15. The number of hydrogen-bond donors (Lipinski definition) is 0. The molecule has 0 bridgehead atoms. The number of carbonyl (C=O) groups excluding carboxylic acids is 1. The van der Waals surface area contributed by atoms with Crippen LogP contribution in [0.25, 0.3) is 0 Å². The molecule has 0 saturated carbocycles. The van der Waals surface area contributed by atoms with Crippen molar-refractivity contribution in [3.8, 4) is 0 Å². The Hall–Kier alpha value is -1.72. The smallest absolute Gasteiger partial charge is 0.225 e. The molecular weight excluding hydrogens is 308 g/mol. The molecule has 2 heterocycles. The number of likely N-dealkylation sites (tertiary alicyclic amines) is 1. The number of piperidine rings is 1. The summed E-state index contributed by atoms with van der Waals surface area (Å²) in [6, 6.07) is 10.2. The Kier molecular flexibility index (Phi) is 5.77. The highest BCUT2D eigenvalue weighted by atomic mass is 32.1. The van der Waals surface area contributed by atoms with E-state index >= 15 is 0 Å². The van der Waals surface area contributed by atoms with Gasteiger partial charge in [0, 0.05) is 18.1 Å². The molecule has 1 aromatic carbocycles. The van der Waals surface area contributed by atoms with Crippen LogP contribution < -0.4 is 0 Å².